The van der Waals surface area contributed by atoms with E-state index in [0.717, 1.165) is 25.8 Å². The summed E-state index contributed by atoms with van der Waals surface area (Å²) in [4.78, 5) is 0. The zero-order chi connectivity index (χ0) is 14.4. The second-order valence-electron chi connectivity index (χ2n) is 5.67. The van der Waals surface area contributed by atoms with Gasteiger partial charge in [-0.3, -0.25) is 0 Å². The third kappa shape index (κ3) is 3.82. The van der Waals surface area contributed by atoms with Crippen molar-refractivity contribution in [1.29, 1.82) is 0 Å². The van der Waals surface area contributed by atoms with E-state index in [1.807, 2.05) is 0 Å². The van der Waals surface area contributed by atoms with E-state index in [2.05, 4.69) is 59.0 Å². The Kier molecular flexibility index (Phi) is 6.57. The molecule has 1 N–H and O–H groups in total. The molecule has 0 aromatic heterocycles. The first-order valence-electron chi connectivity index (χ1n) is 7.96. The van der Waals surface area contributed by atoms with Gasteiger partial charge in [0.05, 0.1) is 0 Å². The SMILES string of the molecule is CCNC(c1c(CC)cc(CC)cc1CC)C(C)C. The standard InChI is InChI=1S/C18H31N/c1-7-14-11-15(8-2)17(16(9-3)12-14)18(13(5)6)19-10-4/h11-13,18-19H,7-10H2,1-6H3. The molecule has 0 bridgehead atoms. The van der Waals surface area contributed by atoms with E-state index in [4.69, 9.17) is 0 Å². The third-order valence-electron chi connectivity index (χ3n) is 3.98. The van der Waals surface area contributed by atoms with Crippen LogP contribution in [0.5, 0.6) is 0 Å². The van der Waals surface area contributed by atoms with E-state index in [1.54, 1.807) is 5.56 Å². The Morgan fingerprint density at radius 3 is 1.74 bits per heavy atom. The molecule has 0 spiro atoms. The molecule has 1 aromatic rings. The van der Waals surface area contributed by atoms with Gasteiger partial charge >= 0.3 is 0 Å². The van der Waals surface area contributed by atoms with Gasteiger partial charge in [-0.1, -0.05) is 53.7 Å². The van der Waals surface area contributed by atoms with E-state index in [-0.39, 0.29) is 0 Å². The molecule has 1 atom stereocenters. The minimum Gasteiger partial charge on any atom is -0.310 e. The van der Waals surface area contributed by atoms with Crippen molar-refractivity contribution in [2.24, 2.45) is 5.92 Å². The maximum Gasteiger partial charge on any atom is 0.0348 e. The molecule has 0 aliphatic carbocycles. The number of benzene rings is 1. The zero-order valence-corrected chi connectivity index (χ0v) is 13.6. The summed E-state index contributed by atoms with van der Waals surface area (Å²) in [6.07, 6.45) is 3.39. The monoisotopic (exact) mass is 261 g/mol. The highest BCUT2D eigenvalue weighted by atomic mass is 14.9. The van der Waals surface area contributed by atoms with Crippen LogP contribution in [0, 0.1) is 5.92 Å². The molecule has 1 rings (SSSR count). The van der Waals surface area contributed by atoms with E-state index in [1.165, 1.54) is 16.7 Å². The van der Waals surface area contributed by atoms with E-state index < -0.39 is 0 Å². The maximum atomic E-state index is 3.69. The van der Waals surface area contributed by atoms with Crippen LogP contribution in [0.2, 0.25) is 0 Å². The Hall–Kier alpha value is -0.820. The topological polar surface area (TPSA) is 12.0 Å². The number of hydrogen-bond donors (Lipinski definition) is 1. The fraction of sp³-hybridized carbons (Fsp3) is 0.667. The van der Waals surface area contributed by atoms with Crippen molar-refractivity contribution in [3.63, 3.8) is 0 Å². The van der Waals surface area contributed by atoms with Crippen molar-refractivity contribution >= 4 is 0 Å². The molecule has 0 amide bonds. The van der Waals surface area contributed by atoms with Crippen LogP contribution in [0.1, 0.15) is 69.8 Å². The van der Waals surface area contributed by atoms with Crippen LogP contribution in [0.4, 0.5) is 0 Å². The fourth-order valence-electron chi connectivity index (χ4n) is 2.93. The number of aryl methyl sites for hydroxylation is 3. The average Bonchev–Trinajstić information content (AvgIpc) is 2.43. The van der Waals surface area contributed by atoms with Gasteiger partial charge in [-0.2, -0.15) is 0 Å². The molecule has 19 heavy (non-hydrogen) atoms. The molecule has 1 unspecified atom stereocenters. The molecule has 0 saturated carbocycles. The highest BCUT2D eigenvalue weighted by molar-refractivity contribution is 5.42. The van der Waals surface area contributed by atoms with Gasteiger partial charge in [0.15, 0.2) is 0 Å². The Morgan fingerprint density at radius 1 is 0.895 bits per heavy atom. The van der Waals surface area contributed by atoms with Gasteiger partial charge in [0.25, 0.3) is 0 Å². The minimum absolute atomic E-state index is 0.487. The second-order valence-corrected chi connectivity index (χ2v) is 5.67. The summed E-state index contributed by atoms with van der Waals surface area (Å²) >= 11 is 0. The normalized spacial score (nSPS) is 13.0. The molecule has 1 heteroatoms. The van der Waals surface area contributed by atoms with E-state index in [9.17, 15) is 0 Å². The second kappa shape index (κ2) is 7.69. The molecular weight excluding hydrogens is 230 g/mol. The fourth-order valence-corrected chi connectivity index (χ4v) is 2.93. The zero-order valence-electron chi connectivity index (χ0n) is 13.6. The lowest BCUT2D eigenvalue weighted by Crippen LogP contribution is -2.27. The molecule has 1 aromatic carbocycles. The summed E-state index contributed by atoms with van der Waals surface area (Å²) in [6, 6.07) is 5.32. The lowest BCUT2D eigenvalue weighted by molar-refractivity contribution is 0.417. The Labute approximate surface area is 119 Å². The van der Waals surface area contributed by atoms with Crippen LogP contribution in [0.25, 0.3) is 0 Å². The maximum absolute atomic E-state index is 3.69. The summed E-state index contributed by atoms with van der Waals surface area (Å²) in [5.41, 5.74) is 6.13. The van der Waals surface area contributed by atoms with Gasteiger partial charge < -0.3 is 5.32 Å². The van der Waals surface area contributed by atoms with Gasteiger partial charge in [-0.05, 0) is 54.0 Å². The van der Waals surface area contributed by atoms with Crippen LogP contribution in [0.3, 0.4) is 0 Å². The van der Waals surface area contributed by atoms with E-state index in [0.29, 0.717) is 12.0 Å². The van der Waals surface area contributed by atoms with Gasteiger partial charge in [-0.25, -0.2) is 0 Å². The molecule has 0 fully saturated rings. The van der Waals surface area contributed by atoms with Crippen molar-refractivity contribution in [3.05, 3.63) is 34.4 Å². The molecule has 0 heterocycles. The Bertz CT molecular complexity index is 368. The van der Waals surface area contributed by atoms with Crippen LogP contribution in [-0.2, 0) is 19.3 Å². The summed E-state index contributed by atoms with van der Waals surface area (Å²) in [6.45, 7) is 14.7. The summed E-state index contributed by atoms with van der Waals surface area (Å²) in [5.74, 6) is 0.628. The quantitative estimate of drug-likeness (QED) is 0.751. The van der Waals surface area contributed by atoms with Crippen LogP contribution < -0.4 is 5.32 Å². The minimum atomic E-state index is 0.487. The number of nitrogens with one attached hydrogen (secondary N) is 1. The molecule has 108 valence electrons. The summed E-state index contributed by atoms with van der Waals surface area (Å²) in [7, 11) is 0. The Morgan fingerprint density at radius 2 is 1.42 bits per heavy atom. The lowest BCUT2D eigenvalue weighted by Gasteiger charge is -2.28. The van der Waals surface area contributed by atoms with Gasteiger partial charge in [0.1, 0.15) is 0 Å². The lowest BCUT2D eigenvalue weighted by atomic mass is 9.85. The van der Waals surface area contributed by atoms with Crippen molar-refractivity contribution in [2.75, 3.05) is 6.54 Å². The molecule has 0 aliphatic heterocycles. The van der Waals surface area contributed by atoms with Crippen LogP contribution in [-0.4, -0.2) is 6.54 Å². The van der Waals surface area contributed by atoms with E-state index >= 15 is 0 Å². The molecular formula is C18H31N. The van der Waals surface area contributed by atoms with Gasteiger partial charge in [0, 0.05) is 6.04 Å². The number of hydrogen-bond acceptors (Lipinski definition) is 1. The Balaban J connectivity index is 3.36. The largest absolute Gasteiger partial charge is 0.310 e. The van der Waals surface area contributed by atoms with Crippen molar-refractivity contribution < 1.29 is 0 Å². The number of rotatable bonds is 7. The molecule has 0 radical (unpaired) electrons. The first-order chi connectivity index (χ1) is 9.08. The van der Waals surface area contributed by atoms with Crippen LogP contribution >= 0.6 is 0 Å². The third-order valence-corrected chi connectivity index (χ3v) is 3.98. The summed E-state index contributed by atoms with van der Waals surface area (Å²) in [5, 5.41) is 3.69. The summed E-state index contributed by atoms with van der Waals surface area (Å²) < 4.78 is 0. The first-order valence-corrected chi connectivity index (χ1v) is 7.96. The highest BCUT2D eigenvalue weighted by Crippen LogP contribution is 2.30. The van der Waals surface area contributed by atoms with Crippen LogP contribution in [0.15, 0.2) is 12.1 Å². The molecule has 0 saturated heterocycles. The molecule has 1 nitrogen and oxygen atoms in total. The van der Waals surface area contributed by atoms with Crippen molar-refractivity contribution in [3.8, 4) is 0 Å². The van der Waals surface area contributed by atoms with Crippen molar-refractivity contribution in [1.82, 2.24) is 5.32 Å². The van der Waals surface area contributed by atoms with Gasteiger partial charge in [0.2, 0.25) is 0 Å². The average molecular weight is 261 g/mol. The molecule has 0 aliphatic rings. The first kappa shape index (κ1) is 16.2. The van der Waals surface area contributed by atoms with Crippen molar-refractivity contribution in [2.45, 2.75) is 66.8 Å². The predicted octanol–water partition coefficient (Wildman–Crippen LogP) is 4.68. The highest BCUT2D eigenvalue weighted by Gasteiger charge is 2.20. The van der Waals surface area contributed by atoms with Gasteiger partial charge in [-0.15, -0.1) is 0 Å². The predicted molar refractivity (Wildman–Crippen MR) is 85.8 cm³/mol. The smallest absolute Gasteiger partial charge is 0.0348 e.